The van der Waals surface area contributed by atoms with Crippen molar-refractivity contribution in [2.24, 2.45) is 0 Å². The highest BCUT2D eigenvalue weighted by Gasteiger charge is 2.06. The third-order valence-corrected chi connectivity index (χ3v) is 3.59. The zero-order valence-electron chi connectivity index (χ0n) is 12.0. The lowest BCUT2D eigenvalue weighted by molar-refractivity contribution is 0.199. The third kappa shape index (κ3) is 4.33. The van der Waals surface area contributed by atoms with Crippen molar-refractivity contribution in [3.05, 3.63) is 58.4 Å². The molecule has 1 aromatic heterocycles. The number of nitrogens with one attached hydrogen (secondary N) is 1. The molecule has 110 valence electrons. The Bertz CT molecular complexity index is 631. The Morgan fingerprint density at radius 2 is 2.24 bits per heavy atom. The van der Waals surface area contributed by atoms with E-state index >= 15 is 0 Å². The Hall–Kier alpha value is -1.80. The third-order valence-electron chi connectivity index (χ3n) is 3.24. The summed E-state index contributed by atoms with van der Waals surface area (Å²) in [6.45, 7) is 2.99. The summed E-state index contributed by atoms with van der Waals surface area (Å²) >= 11 is 6.23. The van der Waals surface area contributed by atoms with Crippen LogP contribution in [0.1, 0.15) is 16.8 Å². The molecule has 0 unspecified atom stereocenters. The van der Waals surface area contributed by atoms with Crippen LogP contribution in [-0.2, 0) is 17.8 Å². The van der Waals surface area contributed by atoms with Gasteiger partial charge in [0, 0.05) is 43.7 Å². The van der Waals surface area contributed by atoms with Crippen molar-refractivity contribution in [3.8, 4) is 6.07 Å². The lowest BCUT2D eigenvalue weighted by Crippen LogP contribution is -2.20. The molecule has 0 aliphatic heterocycles. The van der Waals surface area contributed by atoms with Gasteiger partial charge in [-0.05, 0) is 29.8 Å². The molecule has 0 bridgehead atoms. The van der Waals surface area contributed by atoms with Gasteiger partial charge in [0.1, 0.15) is 0 Å². The van der Waals surface area contributed by atoms with Gasteiger partial charge in [0.15, 0.2) is 0 Å². The van der Waals surface area contributed by atoms with Crippen LogP contribution in [0.25, 0.3) is 0 Å². The zero-order valence-corrected chi connectivity index (χ0v) is 12.7. The van der Waals surface area contributed by atoms with Crippen LogP contribution in [0, 0.1) is 11.3 Å². The number of hydrogen-bond acceptors (Lipinski definition) is 3. The van der Waals surface area contributed by atoms with Crippen LogP contribution >= 0.6 is 11.6 Å². The molecule has 2 rings (SSSR count). The maximum absolute atomic E-state index is 8.86. The summed E-state index contributed by atoms with van der Waals surface area (Å²) in [4.78, 5) is 0. The quantitative estimate of drug-likeness (QED) is 0.800. The van der Waals surface area contributed by atoms with Crippen LogP contribution in [0.4, 0.5) is 0 Å². The Labute approximate surface area is 129 Å². The number of ether oxygens (including phenoxy) is 1. The number of nitriles is 1. The molecule has 0 saturated heterocycles. The van der Waals surface area contributed by atoms with Gasteiger partial charge >= 0.3 is 0 Å². The van der Waals surface area contributed by atoms with Crippen molar-refractivity contribution in [1.29, 1.82) is 5.26 Å². The maximum atomic E-state index is 8.86. The van der Waals surface area contributed by atoms with Gasteiger partial charge in [-0.3, -0.25) is 0 Å². The molecule has 0 spiro atoms. The van der Waals surface area contributed by atoms with Crippen LogP contribution < -0.4 is 5.32 Å². The van der Waals surface area contributed by atoms with E-state index in [1.54, 1.807) is 19.2 Å². The molecule has 0 atom stereocenters. The fourth-order valence-electron chi connectivity index (χ4n) is 2.08. The second-order valence-corrected chi connectivity index (χ2v) is 5.12. The van der Waals surface area contributed by atoms with Gasteiger partial charge in [-0.2, -0.15) is 5.26 Å². The molecule has 1 aromatic carbocycles. The van der Waals surface area contributed by atoms with Crippen molar-refractivity contribution in [1.82, 2.24) is 9.88 Å². The van der Waals surface area contributed by atoms with E-state index in [1.807, 2.05) is 18.3 Å². The van der Waals surface area contributed by atoms with E-state index in [0.29, 0.717) is 23.7 Å². The van der Waals surface area contributed by atoms with E-state index in [4.69, 9.17) is 21.6 Å². The standard InChI is InChI=1S/C16H18ClN3O/c1-21-8-6-19-11-15-3-2-7-20(15)12-14-5-4-13(10-18)9-16(14)17/h2-5,7,9,19H,6,8,11-12H2,1H3. The summed E-state index contributed by atoms with van der Waals surface area (Å²) in [7, 11) is 1.69. The molecule has 0 aliphatic rings. The van der Waals surface area contributed by atoms with E-state index in [2.05, 4.69) is 22.0 Å². The highest BCUT2D eigenvalue weighted by Crippen LogP contribution is 2.19. The monoisotopic (exact) mass is 303 g/mol. The Kier molecular flexibility index (Phi) is 5.82. The first-order valence-electron chi connectivity index (χ1n) is 6.77. The Balaban J connectivity index is 2.03. The molecule has 4 nitrogen and oxygen atoms in total. The maximum Gasteiger partial charge on any atom is 0.0992 e. The fraction of sp³-hybridized carbons (Fsp3) is 0.312. The predicted molar refractivity (Wildman–Crippen MR) is 83.3 cm³/mol. The van der Waals surface area contributed by atoms with Crippen molar-refractivity contribution in [3.63, 3.8) is 0 Å². The van der Waals surface area contributed by atoms with Gasteiger partial charge in [-0.1, -0.05) is 17.7 Å². The molecule has 0 aliphatic carbocycles. The van der Waals surface area contributed by atoms with Crippen LogP contribution in [-0.4, -0.2) is 24.8 Å². The first-order chi connectivity index (χ1) is 10.2. The van der Waals surface area contributed by atoms with E-state index in [0.717, 1.165) is 18.7 Å². The molecular weight excluding hydrogens is 286 g/mol. The van der Waals surface area contributed by atoms with E-state index in [1.165, 1.54) is 5.69 Å². The Morgan fingerprint density at radius 1 is 1.38 bits per heavy atom. The molecule has 0 amide bonds. The van der Waals surface area contributed by atoms with Crippen molar-refractivity contribution in [2.45, 2.75) is 13.1 Å². The molecule has 0 radical (unpaired) electrons. The molecule has 1 heterocycles. The molecule has 5 heteroatoms. The largest absolute Gasteiger partial charge is 0.383 e. The molecule has 1 N–H and O–H groups in total. The van der Waals surface area contributed by atoms with E-state index in [-0.39, 0.29) is 0 Å². The van der Waals surface area contributed by atoms with E-state index in [9.17, 15) is 0 Å². The smallest absolute Gasteiger partial charge is 0.0992 e. The van der Waals surface area contributed by atoms with Crippen molar-refractivity contribution >= 4 is 11.6 Å². The normalized spacial score (nSPS) is 10.5. The Morgan fingerprint density at radius 3 is 2.95 bits per heavy atom. The number of benzene rings is 1. The summed E-state index contributed by atoms with van der Waals surface area (Å²) in [5.74, 6) is 0. The average molecular weight is 304 g/mol. The van der Waals surface area contributed by atoms with Gasteiger partial charge in [-0.15, -0.1) is 0 Å². The summed E-state index contributed by atoms with van der Waals surface area (Å²) in [5, 5.41) is 12.8. The minimum absolute atomic E-state index is 0.581. The topological polar surface area (TPSA) is 50.0 Å². The van der Waals surface area contributed by atoms with Gasteiger partial charge in [0.05, 0.1) is 18.2 Å². The number of rotatable bonds is 7. The van der Waals surface area contributed by atoms with Crippen LogP contribution in [0.2, 0.25) is 5.02 Å². The SMILES string of the molecule is COCCNCc1cccn1Cc1ccc(C#N)cc1Cl. The van der Waals surface area contributed by atoms with Crippen LogP contribution in [0.3, 0.4) is 0 Å². The number of nitrogens with zero attached hydrogens (tertiary/aromatic N) is 2. The first-order valence-corrected chi connectivity index (χ1v) is 7.14. The van der Waals surface area contributed by atoms with Crippen LogP contribution in [0.15, 0.2) is 36.5 Å². The molecule has 2 aromatic rings. The highest BCUT2D eigenvalue weighted by atomic mass is 35.5. The number of hydrogen-bond donors (Lipinski definition) is 1. The van der Waals surface area contributed by atoms with Gasteiger partial charge in [-0.25, -0.2) is 0 Å². The van der Waals surface area contributed by atoms with Crippen molar-refractivity contribution < 1.29 is 4.74 Å². The second kappa shape index (κ2) is 7.84. The zero-order chi connectivity index (χ0) is 15.1. The number of halogens is 1. The minimum Gasteiger partial charge on any atom is -0.383 e. The number of aromatic nitrogens is 1. The predicted octanol–water partition coefficient (Wildman–Crippen LogP) is 2.80. The summed E-state index contributed by atoms with van der Waals surface area (Å²) < 4.78 is 7.16. The fourth-order valence-corrected chi connectivity index (χ4v) is 2.32. The van der Waals surface area contributed by atoms with E-state index < -0.39 is 0 Å². The van der Waals surface area contributed by atoms with Gasteiger partial charge < -0.3 is 14.6 Å². The first kappa shape index (κ1) is 15.6. The highest BCUT2D eigenvalue weighted by molar-refractivity contribution is 6.31. The molecule has 0 saturated carbocycles. The second-order valence-electron chi connectivity index (χ2n) is 4.71. The summed E-state index contributed by atoms with van der Waals surface area (Å²) in [6, 6.07) is 11.6. The average Bonchev–Trinajstić information content (AvgIpc) is 2.93. The van der Waals surface area contributed by atoms with Crippen molar-refractivity contribution in [2.75, 3.05) is 20.3 Å². The lowest BCUT2D eigenvalue weighted by atomic mass is 10.1. The molecular formula is C16H18ClN3O. The summed E-state index contributed by atoms with van der Waals surface area (Å²) in [5.41, 5.74) is 2.77. The summed E-state index contributed by atoms with van der Waals surface area (Å²) in [6.07, 6.45) is 2.03. The lowest BCUT2D eigenvalue weighted by Gasteiger charge is -2.11. The van der Waals surface area contributed by atoms with Crippen LogP contribution in [0.5, 0.6) is 0 Å². The minimum atomic E-state index is 0.581. The molecule has 21 heavy (non-hydrogen) atoms. The van der Waals surface area contributed by atoms with Gasteiger partial charge in [0.2, 0.25) is 0 Å². The molecule has 0 fully saturated rings. The number of methoxy groups -OCH3 is 1. The van der Waals surface area contributed by atoms with Gasteiger partial charge in [0.25, 0.3) is 0 Å².